The van der Waals surface area contributed by atoms with Gasteiger partial charge in [-0.15, -0.1) is 0 Å². The number of hydrogen-bond acceptors (Lipinski definition) is 3. The van der Waals surface area contributed by atoms with E-state index >= 15 is 0 Å². The summed E-state index contributed by atoms with van der Waals surface area (Å²) in [6.07, 6.45) is 0. The smallest absolute Gasteiger partial charge is 0.275 e. The molecule has 0 aliphatic rings. The molecule has 0 saturated carbocycles. The van der Waals surface area contributed by atoms with Gasteiger partial charge in [-0.1, -0.05) is 47.5 Å². The molecule has 0 saturated heterocycles. The van der Waals surface area contributed by atoms with Crippen molar-refractivity contribution in [2.45, 2.75) is 6.61 Å². The van der Waals surface area contributed by atoms with Crippen LogP contribution < -0.4 is 5.48 Å². The zero-order valence-electron chi connectivity index (χ0n) is 13.5. The van der Waals surface area contributed by atoms with Crippen molar-refractivity contribution in [3.05, 3.63) is 81.8 Å². The number of benzene rings is 3. The molecule has 1 N–H and O–H groups in total. The average molecular weight is 386 g/mol. The first-order chi connectivity index (χ1) is 12.6. The van der Waals surface area contributed by atoms with E-state index in [1.54, 1.807) is 30.3 Å². The summed E-state index contributed by atoms with van der Waals surface area (Å²) in [6, 6.07) is 18.0. The normalized spacial score (nSPS) is 11.2. The van der Waals surface area contributed by atoms with E-state index in [0.29, 0.717) is 26.8 Å². The Balaban J connectivity index is 1.58. The summed E-state index contributed by atoms with van der Waals surface area (Å²) in [6.45, 7) is 0.104. The summed E-state index contributed by atoms with van der Waals surface area (Å²) in [4.78, 5) is 17.9. The van der Waals surface area contributed by atoms with Gasteiger partial charge in [0.2, 0.25) is 0 Å². The lowest BCUT2D eigenvalue weighted by Gasteiger charge is -2.08. The van der Waals surface area contributed by atoms with Gasteiger partial charge in [-0.2, -0.15) is 0 Å². The largest absolute Gasteiger partial charge is 0.456 e. The van der Waals surface area contributed by atoms with Crippen LogP contribution in [0.1, 0.15) is 15.9 Å². The Labute approximate surface area is 159 Å². The van der Waals surface area contributed by atoms with E-state index in [1.807, 2.05) is 30.3 Å². The number of carbonyl (C=O) groups is 1. The fraction of sp³-hybridized carbons (Fsp3) is 0.0500. The molecule has 1 heterocycles. The van der Waals surface area contributed by atoms with Gasteiger partial charge in [-0.3, -0.25) is 9.63 Å². The number of carbonyl (C=O) groups excluding carboxylic acids is 1. The Morgan fingerprint density at radius 2 is 1.81 bits per heavy atom. The van der Waals surface area contributed by atoms with Gasteiger partial charge in [0, 0.05) is 26.4 Å². The lowest BCUT2D eigenvalue weighted by Crippen LogP contribution is -2.23. The molecule has 130 valence electrons. The number of halogens is 2. The predicted octanol–water partition coefficient (Wildman–Crippen LogP) is 5.75. The van der Waals surface area contributed by atoms with Crippen LogP contribution in [-0.2, 0) is 11.4 Å². The molecule has 26 heavy (non-hydrogen) atoms. The van der Waals surface area contributed by atoms with Crippen molar-refractivity contribution >= 4 is 51.0 Å². The van der Waals surface area contributed by atoms with Gasteiger partial charge in [0.25, 0.3) is 5.91 Å². The number of hydroxylamine groups is 1. The highest BCUT2D eigenvalue weighted by molar-refractivity contribution is 6.33. The summed E-state index contributed by atoms with van der Waals surface area (Å²) in [7, 11) is 0. The molecule has 6 heteroatoms. The Morgan fingerprint density at radius 3 is 2.69 bits per heavy atom. The highest BCUT2D eigenvalue weighted by atomic mass is 35.5. The van der Waals surface area contributed by atoms with Crippen molar-refractivity contribution in [2.24, 2.45) is 0 Å². The molecule has 0 aliphatic carbocycles. The van der Waals surface area contributed by atoms with Crippen LogP contribution in [0.3, 0.4) is 0 Å². The van der Waals surface area contributed by atoms with Crippen LogP contribution in [0.15, 0.2) is 65.1 Å². The monoisotopic (exact) mass is 385 g/mol. The predicted molar refractivity (Wildman–Crippen MR) is 102 cm³/mol. The lowest BCUT2D eigenvalue weighted by atomic mass is 10.1. The molecule has 0 atom stereocenters. The minimum atomic E-state index is -0.361. The molecule has 0 radical (unpaired) electrons. The Kier molecular flexibility index (Phi) is 4.55. The van der Waals surface area contributed by atoms with E-state index in [9.17, 15) is 4.79 Å². The number of nitrogens with one attached hydrogen (secondary N) is 1. The second kappa shape index (κ2) is 7.00. The van der Waals surface area contributed by atoms with Crippen LogP contribution in [0, 0.1) is 0 Å². The topological polar surface area (TPSA) is 51.5 Å². The van der Waals surface area contributed by atoms with Crippen molar-refractivity contribution in [3.63, 3.8) is 0 Å². The minimum absolute atomic E-state index is 0.104. The third-order valence-electron chi connectivity index (χ3n) is 4.05. The number of rotatable bonds is 4. The van der Waals surface area contributed by atoms with E-state index < -0.39 is 0 Å². The van der Waals surface area contributed by atoms with Crippen LogP contribution in [0.4, 0.5) is 0 Å². The number of fused-ring (bicyclic) bond motifs is 3. The molecule has 0 bridgehead atoms. The second-order valence-electron chi connectivity index (χ2n) is 5.73. The SMILES string of the molecule is O=C(NOCc1cc(Cl)ccc1Cl)c1cccc2oc3ccccc3c12. The zero-order chi connectivity index (χ0) is 18.1. The van der Waals surface area contributed by atoms with E-state index in [2.05, 4.69) is 5.48 Å². The van der Waals surface area contributed by atoms with Crippen LogP contribution >= 0.6 is 23.2 Å². The minimum Gasteiger partial charge on any atom is -0.456 e. The first-order valence-corrected chi connectivity index (χ1v) is 8.65. The quantitative estimate of drug-likeness (QED) is 0.454. The third kappa shape index (κ3) is 3.15. The lowest BCUT2D eigenvalue weighted by molar-refractivity contribution is 0.0235. The molecular weight excluding hydrogens is 373 g/mol. The average Bonchev–Trinajstić information content (AvgIpc) is 3.03. The number of para-hydroxylation sites is 1. The number of furan rings is 1. The van der Waals surface area contributed by atoms with Crippen molar-refractivity contribution in [3.8, 4) is 0 Å². The van der Waals surface area contributed by atoms with Gasteiger partial charge in [0.15, 0.2) is 0 Å². The van der Waals surface area contributed by atoms with Crippen LogP contribution in [0.2, 0.25) is 10.0 Å². The number of amides is 1. The molecule has 3 aromatic carbocycles. The van der Waals surface area contributed by atoms with Gasteiger partial charge in [-0.25, -0.2) is 5.48 Å². The Bertz CT molecular complexity index is 1120. The molecule has 0 aliphatic heterocycles. The van der Waals surface area contributed by atoms with Crippen molar-refractivity contribution < 1.29 is 14.0 Å². The molecule has 4 rings (SSSR count). The highest BCUT2D eigenvalue weighted by Crippen LogP contribution is 2.31. The summed E-state index contributed by atoms with van der Waals surface area (Å²) >= 11 is 12.0. The van der Waals surface area contributed by atoms with Gasteiger partial charge < -0.3 is 4.42 Å². The molecule has 4 nitrogen and oxygen atoms in total. The summed E-state index contributed by atoms with van der Waals surface area (Å²) in [5.41, 5.74) is 5.00. The first kappa shape index (κ1) is 16.9. The van der Waals surface area contributed by atoms with E-state index in [-0.39, 0.29) is 12.5 Å². The highest BCUT2D eigenvalue weighted by Gasteiger charge is 2.16. The molecular formula is C20H13Cl2NO3. The first-order valence-electron chi connectivity index (χ1n) is 7.90. The maximum atomic E-state index is 12.6. The maximum absolute atomic E-state index is 12.6. The van der Waals surface area contributed by atoms with Crippen LogP contribution in [0.25, 0.3) is 21.9 Å². The number of hydrogen-bond donors (Lipinski definition) is 1. The third-order valence-corrected chi connectivity index (χ3v) is 4.65. The molecule has 0 spiro atoms. The Hall–Kier alpha value is -2.53. The second-order valence-corrected chi connectivity index (χ2v) is 6.58. The van der Waals surface area contributed by atoms with E-state index in [4.69, 9.17) is 32.5 Å². The van der Waals surface area contributed by atoms with Gasteiger partial charge in [-0.05, 0) is 36.4 Å². The molecule has 1 aromatic heterocycles. The molecule has 1 amide bonds. The van der Waals surface area contributed by atoms with Gasteiger partial charge >= 0.3 is 0 Å². The molecule has 0 fully saturated rings. The standard InChI is InChI=1S/C20H13Cl2NO3/c21-13-8-9-16(22)12(10-13)11-25-23-20(24)15-5-3-7-18-19(15)14-4-1-2-6-17(14)26-18/h1-10H,11H2,(H,23,24). The fourth-order valence-electron chi connectivity index (χ4n) is 2.85. The maximum Gasteiger partial charge on any atom is 0.275 e. The van der Waals surface area contributed by atoms with Crippen molar-refractivity contribution in [1.82, 2.24) is 5.48 Å². The summed E-state index contributed by atoms with van der Waals surface area (Å²) < 4.78 is 5.79. The van der Waals surface area contributed by atoms with Gasteiger partial charge in [0.1, 0.15) is 17.8 Å². The van der Waals surface area contributed by atoms with E-state index in [0.717, 1.165) is 16.4 Å². The molecule has 0 unspecified atom stereocenters. The van der Waals surface area contributed by atoms with Crippen molar-refractivity contribution in [2.75, 3.05) is 0 Å². The summed E-state index contributed by atoms with van der Waals surface area (Å²) in [5.74, 6) is -0.361. The zero-order valence-corrected chi connectivity index (χ0v) is 15.0. The summed E-state index contributed by atoms with van der Waals surface area (Å²) in [5, 5.41) is 2.71. The van der Waals surface area contributed by atoms with Crippen LogP contribution in [-0.4, -0.2) is 5.91 Å². The van der Waals surface area contributed by atoms with Crippen LogP contribution in [0.5, 0.6) is 0 Å². The van der Waals surface area contributed by atoms with E-state index in [1.165, 1.54) is 0 Å². The fourth-order valence-corrected chi connectivity index (χ4v) is 3.22. The van der Waals surface area contributed by atoms with Gasteiger partial charge in [0.05, 0.1) is 5.56 Å². The molecule has 4 aromatic rings. The Morgan fingerprint density at radius 1 is 1.00 bits per heavy atom. The van der Waals surface area contributed by atoms with Crippen molar-refractivity contribution in [1.29, 1.82) is 0 Å².